The summed E-state index contributed by atoms with van der Waals surface area (Å²) in [6.45, 7) is 2.63. The van der Waals surface area contributed by atoms with Crippen LogP contribution in [0, 0.1) is 11.6 Å². The normalized spacial score (nSPS) is 20.3. The lowest BCUT2D eigenvalue weighted by Crippen LogP contribution is -2.57. The number of amides is 1. The smallest absolute Gasteiger partial charge is 0.254 e. The first kappa shape index (κ1) is 20.9. The zero-order chi connectivity index (χ0) is 17.9. The summed E-state index contributed by atoms with van der Waals surface area (Å²) < 4.78 is 37.9. The maximum Gasteiger partial charge on any atom is 0.254 e. The summed E-state index contributed by atoms with van der Waals surface area (Å²) in [6, 6.07) is 3.29. The van der Waals surface area contributed by atoms with Crippen molar-refractivity contribution in [3.05, 3.63) is 29.8 Å². The first-order valence-electron chi connectivity index (χ1n) is 8.71. The lowest BCUT2D eigenvalue weighted by atomic mass is 9.89. The fourth-order valence-corrected chi connectivity index (χ4v) is 3.55. The fraction of sp³-hybridized carbons (Fsp3) is 0.611. The molecule has 0 radical (unpaired) electrons. The number of carbonyl (C=O) groups is 1. The zero-order valence-electron chi connectivity index (χ0n) is 14.8. The minimum absolute atomic E-state index is 0. The third-order valence-corrected chi connectivity index (χ3v) is 5.11. The van der Waals surface area contributed by atoms with E-state index in [-0.39, 0.29) is 30.2 Å². The molecular formula is C18H25ClF2N2O3. The largest absolute Gasteiger partial charge is 0.487 e. The van der Waals surface area contributed by atoms with Gasteiger partial charge in [-0.25, -0.2) is 8.78 Å². The lowest BCUT2D eigenvalue weighted by molar-refractivity contribution is -0.160. The van der Waals surface area contributed by atoms with E-state index in [1.54, 1.807) is 7.11 Å². The van der Waals surface area contributed by atoms with Gasteiger partial charge in [-0.2, -0.15) is 0 Å². The number of benzene rings is 1. The van der Waals surface area contributed by atoms with E-state index in [0.717, 1.165) is 19.2 Å². The van der Waals surface area contributed by atoms with Gasteiger partial charge in [0.25, 0.3) is 5.91 Å². The minimum Gasteiger partial charge on any atom is -0.487 e. The second-order valence-corrected chi connectivity index (χ2v) is 6.63. The topological polar surface area (TPSA) is 50.8 Å². The highest BCUT2D eigenvalue weighted by Crippen LogP contribution is 2.28. The van der Waals surface area contributed by atoms with E-state index in [1.807, 2.05) is 4.90 Å². The summed E-state index contributed by atoms with van der Waals surface area (Å²) in [4.78, 5) is 14.7. The lowest BCUT2D eigenvalue weighted by Gasteiger charge is -2.41. The van der Waals surface area contributed by atoms with Crippen LogP contribution in [0.1, 0.15) is 25.7 Å². The summed E-state index contributed by atoms with van der Waals surface area (Å²) in [5.41, 5.74) is -0.734. The first-order chi connectivity index (χ1) is 12.0. The number of rotatable bonds is 4. The number of piperidine rings is 2. The van der Waals surface area contributed by atoms with Crippen LogP contribution in [0.5, 0.6) is 5.75 Å². The average molecular weight is 391 g/mol. The van der Waals surface area contributed by atoms with Crippen molar-refractivity contribution in [2.24, 2.45) is 0 Å². The van der Waals surface area contributed by atoms with Gasteiger partial charge in [-0.3, -0.25) is 4.79 Å². The number of nitrogens with zero attached hydrogens (tertiary/aromatic N) is 1. The van der Waals surface area contributed by atoms with Crippen LogP contribution >= 0.6 is 12.4 Å². The van der Waals surface area contributed by atoms with Gasteiger partial charge in [0, 0.05) is 39.1 Å². The van der Waals surface area contributed by atoms with E-state index in [0.29, 0.717) is 38.8 Å². The van der Waals surface area contributed by atoms with Crippen LogP contribution in [0.3, 0.4) is 0 Å². The standard InChI is InChI=1S/C18H24F2N2O3.ClH/c1-24-18(6-8-21-9-7-18)17(23)22-10-4-14(5-11-22)25-16-3-2-13(19)12-15(16)20;/h2-3,12,14,21H,4-11H2,1H3;1H. The molecule has 0 saturated carbocycles. The molecule has 2 heterocycles. The van der Waals surface area contributed by atoms with Gasteiger partial charge in [-0.1, -0.05) is 0 Å². The van der Waals surface area contributed by atoms with E-state index in [1.165, 1.54) is 12.1 Å². The molecule has 0 bridgehead atoms. The van der Waals surface area contributed by atoms with Crippen molar-refractivity contribution in [2.45, 2.75) is 37.4 Å². The molecule has 0 atom stereocenters. The first-order valence-corrected chi connectivity index (χ1v) is 8.71. The van der Waals surface area contributed by atoms with E-state index in [4.69, 9.17) is 9.47 Å². The number of hydrogen-bond acceptors (Lipinski definition) is 4. The SMILES string of the molecule is COC1(C(=O)N2CCC(Oc3ccc(F)cc3F)CC2)CCNCC1.Cl. The predicted octanol–water partition coefficient (Wildman–Crippen LogP) is 2.52. The molecule has 0 aliphatic carbocycles. The number of ether oxygens (including phenoxy) is 2. The van der Waals surface area contributed by atoms with Crippen molar-refractivity contribution in [1.82, 2.24) is 10.2 Å². The van der Waals surface area contributed by atoms with Crippen LogP contribution in [0.4, 0.5) is 8.78 Å². The highest BCUT2D eigenvalue weighted by molar-refractivity contribution is 5.86. The molecule has 1 amide bonds. The molecule has 1 aromatic carbocycles. The third kappa shape index (κ3) is 4.45. The Bertz CT molecular complexity index is 618. The molecule has 3 rings (SSSR count). The average Bonchev–Trinajstić information content (AvgIpc) is 2.64. The van der Waals surface area contributed by atoms with E-state index < -0.39 is 17.2 Å². The molecule has 0 aromatic heterocycles. The number of nitrogens with one attached hydrogen (secondary N) is 1. The minimum atomic E-state index is -0.734. The second-order valence-electron chi connectivity index (χ2n) is 6.63. The molecule has 2 fully saturated rings. The summed E-state index contributed by atoms with van der Waals surface area (Å²) >= 11 is 0. The van der Waals surface area contributed by atoms with Gasteiger partial charge in [0.15, 0.2) is 11.6 Å². The summed E-state index contributed by atoms with van der Waals surface area (Å²) in [5.74, 6) is -1.25. The van der Waals surface area contributed by atoms with Crippen LogP contribution in [-0.4, -0.2) is 55.8 Å². The maximum atomic E-state index is 13.7. The summed E-state index contributed by atoms with van der Waals surface area (Å²) in [5, 5.41) is 3.24. The quantitative estimate of drug-likeness (QED) is 0.858. The molecule has 1 N–H and O–H groups in total. The maximum absolute atomic E-state index is 13.7. The monoisotopic (exact) mass is 390 g/mol. The Balaban J connectivity index is 0.00000243. The van der Waals surface area contributed by atoms with Gasteiger partial charge >= 0.3 is 0 Å². The molecule has 1 aromatic rings. The number of carbonyl (C=O) groups excluding carboxylic acids is 1. The molecule has 5 nitrogen and oxygen atoms in total. The van der Waals surface area contributed by atoms with Crippen molar-refractivity contribution in [1.29, 1.82) is 0 Å². The Kier molecular flexibility index (Phi) is 7.20. The highest BCUT2D eigenvalue weighted by atomic mass is 35.5. The molecule has 0 spiro atoms. The van der Waals surface area contributed by atoms with Gasteiger partial charge < -0.3 is 19.7 Å². The third-order valence-electron chi connectivity index (χ3n) is 5.11. The highest BCUT2D eigenvalue weighted by Gasteiger charge is 2.43. The molecule has 26 heavy (non-hydrogen) atoms. The van der Waals surface area contributed by atoms with Gasteiger partial charge in [-0.05, 0) is 38.1 Å². The Labute approximate surface area is 158 Å². The second kappa shape index (κ2) is 8.97. The number of likely N-dealkylation sites (tertiary alicyclic amines) is 1. The zero-order valence-corrected chi connectivity index (χ0v) is 15.6. The molecule has 2 aliphatic rings. The van der Waals surface area contributed by atoms with Gasteiger partial charge in [-0.15, -0.1) is 12.4 Å². The van der Waals surface area contributed by atoms with E-state index >= 15 is 0 Å². The van der Waals surface area contributed by atoms with Crippen LogP contribution in [0.15, 0.2) is 18.2 Å². The molecule has 146 valence electrons. The van der Waals surface area contributed by atoms with Crippen LogP contribution < -0.4 is 10.1 Å². The summed E-state index contributed by atoms with van der Waals surface area (Å²) in [7, 11) is 1.59. The van der Waals surface area contributed by atoms with Crippen LogP contribution in [0.25, 0.3) is 0 Å². The van der Waals surface area contributed by atoms with E-state index in [9.17, 15) is 13.6 Å². The molecule has 2 aliphatic heterocycles. The van der Waals surface area contributed by atoms with E-state index in [2.05, 4.69) is 5.32 Å². The summed E-state index contributed by atoms with van der Waals surface area (Å²) in [6.07, 6.45) is 2.37. The molecule has 2 saturated heterocycles. The molecular weight excluding hydrogens is 366 g/mol. The molecule has 8 heteroatoms. The Morgan fingerprint density at radius 1 is 1.23 bits per heavy atom. The van der Waals surface area contributed by atoms with Crippen molar-refractivity contribution >= 4 is 18.3 Å². The fourth-order valence-electron chi connectivity index (χ4n) is 3.55. The number of methoxy groups -OCH3 is 1. The van der Waals surface area contributed by atoms with Crippen molar-refractivity contribution < 1.29 is 23.0 Å². The Hall–Kier alpha value is -1.44. The van der Waals surface area contributed by atoms with Crippen molar-refractivity contribution in [3.8, 4) is 5.75 Å². The van der Waals surface area contributed by atoms with Crippen LogP contribution in [0.2, 0.25) is 0 Å². The van der Waals surface area contributed by atoms with Gasteiger partial charge in [0.05, 0.1) is 0 Å². The van der Waals surface area contributed by atoms with Crippen LogP contribution in [-0.2, 0) is 9.53 Å². The van der Waals surface area contributed by atoms with Crippen molar-refractivity contribution in [3.63, 3.8) is 0 Å². The van der Waals surface area contributed by atoms with Gasteiger partial charge in [0.1, 0.15) is 17.5 Å². The molecule has 0 unspecified atom stereocenters. The Morgan fingerprint density at radius 3 is 2.46 bits per heavy atom. The number of hydrogen-bond donors (Lipinski definition) is 1. The van der Waals surface area contributed by atoms with Crippen molar-refractivity contribution in [2.75, 3.05) is 33.3 Å². The van der Waals surface area contributed by atoms with Gasteiger partial charge in [0.2, 0.25) is 0 Å². The number of halogens is 3. The predicted molar refractivity (Wildman–Crippen MR) is 95.7 cm³/mol. The Morgan fingerprint density at radius 2 is 1.88 bits per heavy atom.